The number of nitrogens with one attached hydrogen (secondary N) is 3. The molecule has 8 heteroatoms. The van der Waals surface area contributed by atoms with E-state index in [1.54, 1.807) is 19.2 Å². The lowest BCUT2D eigenvalue weighted by Crippen LogP contribution is -2.23. The van der Waals surface area contributed by atoms with E-state index in [9.17, 15) is 18.8 Å². The number of hydrogen-bond acceptors (Lipinski definition) is 5. The predicted molar refractivity (Wildman–Crippen MR) is 86.4 cm³/mol. The number of hydrogen-bond donors (Lipinski definition) is 3. The minimum Gasteiger partial charge on any atom is -0.424 e. The van der Waals surface area contributed by atoms with Crippen molar-refractivity contribution in [1.82, 2.24) is 5.32 Å². The Labute approximate surface area is 134 Å². The van der Waals surface area contributed by atoms with E-state index in [1.807, 2.05) is 19.2 Å². The molecule has 1 aromatic carbocycles. The highest BCUT2D eigenvalue weighted by Crippen LogP contribution is 2.28. The van der Waals surface area contributed by atoms with Gasteiger partial charge in [0, 0.05) is 38.7 Å². The molecule has 0 heterocycles. The van der Waals surface area contributed by atoms with E-state index in [4.69, 9.17) is 4.74 Å². The number of anilines is 2. The first-order valence-electron chi connectivity index (χ1n) is 7.15. The van der Waals surface area contributed by atoms with Crippen molar-refractivity contribution in [3.8, 4) is 5.75 Å². The van der Waals surface area contributed by atoms with E-state index in [0.29, 0.717) is 11.4 Å². The highest BCUT2D eigenvalue weighted by molar-refractivity contribution is 5.91. The maximum Gasteiger partial charge on any atom is 0.397 e. The second-order valence-corrected chi connectivity index (χ2v) is 4.05. The molecular formula is C15H22FN3O4. The Morgan fingerprint density at radius 1 is 1.22 bits per heavy atom. The van der Waals surface area contributed by atoms with Crippen molar-refractivity contribution >= 4 is 29.4 Å². The molecule has 0 aromatic heterocycles. The van der Waals surface area contributed by atoms with Crippen LogP contribution in [0.2, 0.25) is 0 Å². The normalized spacial score (nSPS) is 9.09. The zero-order valence-corrected chi connectivity index (χ0v) is 13.7. The molecular weight excluding hydrogens is 305 g/mol. The fourth-order valence-electron chi connectivity index (χ4n) is 1.54. The van der Waals surface area contributed by atoms with E-state index in [1.165, 1.54) is 13.0 Å². The zero-order chi connectivity index (χ0) is 17.8. The molecule has 0 saturated heterocycles. The molecule has 1 aromatic rings. The number of carbonyl (C=O) groups excluding carboxylic acids is 3. The van der Waals surface area contributed by atoms with Gasteiger partial charge in [-0.25, -0.2) is 4.79 Å². The topological polar surface area (TPSA) is 96.5 Å². The predicted octanol–water partition coefficient (Wildman–Crippen LogP) is 2.69. The molecule has 3 N–H and O–H groups in total. The lowest BCUT2D eigenvalue weighted by Gasteiger charge is -2.11. The highest BCUT2D eigenvalue weighted by Gasteiger charge is 2.09. The number of halogens is 1. The second kappa shape index (κ2) is 11.0. The summed E-state index contributed by atoms with van der Waals surface area (Å²) in [5.74, 6) is -0.616. The van der Waals surface area contributed by atoms with Crippen LogP contribution in [0.4, 0.5) is 20.6 Å². The standard InChI is InChI=1S/C13H16FN3O4.C2H6/c1-8(18)21-11-7-9(3-4-10(11)15-2)17-12(19)5-6-16-13(14)20;1-2/h3-4,7,15H,5-6H2,1-2H3,(H,16,20)(H,17,19);1-2H3. The summed E-state index contributed by atoms with van der Waals surface area (Å²) >= 11 is 0. The molecule has 0 radical (unpaired) electrons. The average molecular weight is 327 g/mol. The van der Waals surface area contributed by atoms with Crippen molar-refractivity contribution in [3.63, 3.8) is 0 Å². The Balaban J connectivity index is 0.00000232. The Hall–Kier alpha value is -2.64. The van der Waals surface area contributed by atoms with Crippen molar-refractivity contribution in [2.45, 2.75) is 27.2 Å². The van der Waals surface area contributed by atoms with Gasteiger partial charge in [0.25, 0.3) is 0 Å². The van der Waals surface area contributed by atoms with Crippen molar-refractivity contribution in [2.24, 2.45) is 0 Å². The number of carbonyl (C=O) groups is 3. The molecule has 0 spiro atoms. The van der Waals surface area contributed by atoms with Gasteiger partial charge < -0.3 is 20.7 Å². The molecule has 0 saturated carbocycles. The summed E-state index contributed by atoms with van der Waals surface area (Å²) in [6, 6.07) is 4.74. The van der Waals surface area contributed by atoms with Crippen LogP contribution in [0, 0.1) is 0 Å². The van der Waals surface area contributed by atoms with Gasteiger partial charge in [0.2, 0.25) is 5.91 Å². The van der Waals surface area contributed by atoms with Gasteiger partial charge in [-0.15, -0.1) is 4.39 Å². The van der Waals surface area contributed by atoms with Crippen LogP contribution in [-0.2, 0) is 9.59 Å². The molecule has 0 atom stereocenters. The molecule has 23 heavy (non-hydrogen) atoms. The fraction of sp³-hybridized carbons (Fsp3) is 0.400. The van der Waals surface area contributed by atoms with Gasteiger partial charge in [-0.3, -0.25) is 9.59 Å². The summed E-state index contributed by atoms with van der Waals surface area (Å²) in [4.78, 5) is 32.6. The smallest absolute Gasteiger partial charge is 0.397 e. The summed E-state index contributed by atoms with van der Waals surface area (Å²) in [7, 11) is 1.67. The molecule has 0 aliphatic rings. The van der Waals surface area contributed by atoms with E-state index < -0.39 is 18.0 Å². The lowest BCUT2D eigenvalue weighted by atomic mass is 10.2. The lowest BCUT2D eigenvalue weighted by molar-refractivity contribution is -0.131. The van der Waals surface area contributed by atoms with Crippen LogP contribution in [0.3, 0.4) is 0 Å². The summed E-state index contributed by atoms with van der Waals surface area (Å²) in [6.07, 6.45) is -1.76. The second-order valence-electron chi connectivity index (χ2n) is 4.05. The van der Waals surface area contributed by atoms with Crippen LogP contribution in [0.15, 0.2) is 18.2 Å². The van der Waals surface area contributed by atoms with Gasteiger partial charge in [0.05, 0.1) is 5.69 Å². The quantitative estimate of drug-likeness (QED) is 0.323. The van der Waals surface area contributed by atoms with Gasteiger partial charge >= 0.3 is 12.1 Å². The van der Waals surface area contributed by atoms with Gasteiger partial charge in [-0.05, 0) is 12.1 Å². The van der Waals surface area contributed by atoms with Gasteiger partial charge in [-0.2, -0.15) is 0 Å². The highest BCUT2D eigenvalue weighted by atomic mass is 19.1. The Morgan fingerprint density at radius 2 is 1.87 bits per heavy atom. The molecule has 1 rings (SSSR count). The minimum absolute atomic E-state index is 0.0770. The maximum absolute atomic E-state index is 11.9. The van der Waals surface area contributed by atoms with E-state index >= 15 is 0 Å². The Bertz CT molecular complexity index is 550. The van der Waals surface area contributed by atoms with E-state index in [-0.39, 0.29) is 18.7 Å². The molecule has 2 amide bonds. The molecule has 0 bridgehead atoms. The van der Waals surface area contributed by atoms with Crippen molar-refractivity contribution in [3.05, 3.63) is 18.2 Å². The molecule has 0 aliphatic carbocycles. The van der Waals surface area contributed by atoms with Crippen LogP contribution in [-0.4, -0.2) is 31.6 Å². The third-order valence-corrected chi connectivity index (χ3v) is 2.40. The monoisotopic (exact) mass is 327 g/mol. The molecule has 0 aliphatic heterocycles. The molecule has 0 fully saturated rings. The minimum atomic E-state index is -1.68. The third-order valence-electron chi connectivity index (χ3n) is 2.40. The fourth-order valence-corrected chi connectivity index (χ4v) is 1.54. The molecule has 128 valence electrons. The summed E-state index contributed by atoms with van der Waals surface area (Å²) < 4.78 is 16.9. The van der Waals surface area contributed by atoms with Crippen LogP contribution >= 0.6 is 0 Å². The van der Waals surface area contributed by atoms with Crippen LogP contribution < -0.4 is 20.7 Å². The van der Waals surface area contributed by atoms with Gasteiger partial charge in [0.15, 0.2) is 5.75 Å². The first-order chi connectivity index (χ1) is 10.9. The first-order valence-corrected chi connectivity index (χ1v) is 7.15. The number of benzene rings is 1. The van der Waals surface area contributed by atoms with Crippen molar-refractivity contribution < 1.29 is 23.5 Å². The number of amides is 2. The van der Waals surface area contributed by atoms with E-state index in [0.717, 1.165) is 0 Å². The summed E-state index contributed by atoms with van der Waals surface area (Å²) in [5, 5.41) is 7.27. The number of rotatable bonds is 6. The number of esters is 1. The Kier molecular flexibility index (Phi) is 9.74. The third kappa shape index (κ3) is 8.40. The van der Waals surface area contributed by atoms with Crippen molar-refractivity contribution in [2.75, 3.05) is 24.2 Å². The van der Waals surface area contributed by atoms with Gasteiger partial charge in [0.1, 0.15) is 0 Å². The zero-order valence-electron chi connectivity index (χ0n) is 13.7. The van der Waals surface area contributed by atoms with Crippen molar-refractivity contribution in [1.29, 1.82) is 0 Å². The summed E-state index contributed by atoms with van der Waals surface area (Å²) in [6.45, 7) is 5.16. The van der Waals surface area contributed by atoms with Crippen LogP contribution in [0.25, 0.3) is 0 Å². The SMILES string of the molecule is CC.CNc1ccc(NC(=O)CCNC(=O)F)cc1OC(C)=O. The molecule has 7 nitrogen and oxygen atoms in total. The summed E-state index contributed by atoms with van der Waals surface area (Å²) in [5.41, 5.74) is 1.01. The molecule has 0 unspecified atom stereocenters. The van der Waals surface area contributed by atoms with E-state index in [2.05, 4.69) is 10.6 Å². The number of ether oxygens (including phenoxy) is 1. The Morgan fingerprint density at radius 3 is 2.39 bits per heavy atom. The average Bonchev–Trinajstić information content (AvgIpc) is 2.48. The van der Waals surface area contributed by atoms with Crippen LogP contribution in [0.1, 0.15) is 27.2 Å². The maximum atomic E-state index is 11.9. The largest absolute Gasteiger partial charge is 0.424 e. The van der Waals surface area contributed by atoms with Crippen LogP contribution in [0.5, 0.6) is 5.75 Å². The van der Waals surface area contributed by atoms with Gasteiger partial charge in [-0.1, -0.05) is 13.8 Å². The first kappa shape index (κ1) is 20.4.